The highest BCUT2D eigenvalue weighted by atomic mass is 16.5. The molecule has 1 aliphatic heterocycles. The molecule has 1 fully saturated rings. The number of hydrogen-bond acceptors (Lipinski definition) is 4. The Morgan fingerprint density at radius 3 is 3.00 bits per heavy atom. The number of carbonyl (C=O) groups is 1. The van der Waals surface area contributed by atoms with Gasteiger partial charge < -0.3 is 14.4 Å². The maximum Gasteiger partial charge on any atom is 0.240 e. The Kier molecular flexibility index (Phi) is 6.91. The average Bonchev–Trinajstić information content (AvgIpc) is 3.06. The van der Waals surface area contributed by atoms with Crippen molar-refractivity contribution in [3.05, 3.63) is 33.9 Å². The van der Waals surface area contributed by atoms with Crippen LogP contribution in [-0.2, 0) is 14.3 Å². The number of methoxy groups -OCH3 is 2. The molecular weight excluding hydrogens is 320 g/mol. The van der Waals surface area contributed by atoms with Gasteiger partial charge in [0, 0.05) is 25.1 Å². The average molecular weight is 348 g/mol. The molecule has 7 heteroatoms. The van der Waals surface area contributed by atoms with Crippen molar-refractivity contribution in [1.82, 2.24) is 4.90 Å². The van der Waals surface area contributed by atoms with Gasteiger partial charge in [0.05, 0.1) is 19.8 Å². The van der Waals surface area contributed by atoms with Crippen LogP contribution in [-0.4, -0.2) is 50.8 Å². The summed E-state index contributed by atoms with van der Waals surface area (Å²) in [5.74, 6) is 0.809. The van der Waals surface area contributed by atoms with Crippen LogP contribution in [0.3, 0.4) is 0 Å². The molecule has 0 spiro atoms. The van der Waals surface area contributed by atoms with E-state index in [1.165, 1.54) is 0 Å². The third-order valence-corrected chi connectivity index (χ3v) is 5.09. The van der Waals surface area contributed by atoms with Crippen molar-refractivity contribution in [1.29, 1.82) is 0 Å². The van der Waals surface area contributed by atoms with Gasteiger partial charge in [-0.3, -0.25) is 4.79 Å². The molecule has 0 bridgehead atoms. The van der Waals surface area contributed by atoms with Crippen LogP contribution in [0.2, 0.25) is 0 Å². The summed E-state index contributed by atoms with van der Waals surface area (Å²) in [4.78, 5) is 18.3. The van der Waals surface area contributed by atoms with Crippen LogP contribution in [0, 0.1) is 5.41 Å². The van der Waals surface area contributed by atoms with Crippen molar-refractivity contribution in [2.75, 3.05) is 33.9 Å². The zero-order valence-corrected chi connectivity index (χ0v) is 15.4. The topological polar surface area (TPSA) is 87.5 Å². The molecule has 0 aromatic rings. The highest BCUT2D eigenvalue weighted by Crippen LogP contribution is 2.43. The Morgan fingerprint density at radius 2 is 2.32 bits per heavy atom. The van der Waals surface area contributed by atoms with Gasteiger partial charge in [0.1, 0.15) is 11.2 Å². The Labute approximate surface area is 149 Å². The van der Waals surface area contributed by atoms with Crippen molar-refractivity contribution in [2.24, 2.45) is 10.5 Å². The summed E-state index contributed by atoms with van der Waals surface area (Å²) in [6.45, 7) is 3.68. The first-order valence-corrected chi connectivity index (χ1v) is 8.83. The monoisotopic (exact) mass is 348 g/mol. The molecule has 2 aliphatic rings. The molecule has 0 radical (unpaired) electrons. The van der Waals surface area contributed by atoms with Crippen LogP contribution in [0.5, 0.6) is 0 Å². The van der Waals surface area contributed by atoms with E-state index >= 15 is 0 Å². The Bertz CT molecular complexity index is 595. The zero-order chi connectivity index (χ0) is 18.3. The molecular formula is C18H28N4O3. The summed E-state index contributed by atoms with van der Waals surface area (Å²) in [5.41, 5.74) is 8.77. The molecule has 2 atom stereocenters. The molecule has 0 aromatic carbocycles. The summed E-state index contributed by atoms with van der Waals surface area (Å²) in [7, 11) is 3.30. The first-order chi connectivity index (χ1) is 12.1. The number of carbonyl (C=O) groups excluding carboxylic acids is 1. The maximum atomic E-state index is 13.6. The van der Waals surface area contributed by atoms with Gasteiger partial charge in [-0.15, -0.1) is 0 Å². The van der Waals surface area contributed by atoms with Gasteiger partial charge in [0.2, 0.25) is 5.91 Å². The molecule has 1 saturated heterocycles. The molecule has 138 valence electrons. The molecule has 0 aromatic heterocycles. The van der Waals surface area contributed by atoms with Crippen molar-refractivity contribution in [3.8, 4) is 0 Å². The van der Waals surface area contributed by atoms with Gasteiger partial charge in [-0.25, -0.2) is 0 Å². The predicted molar refractivity (Wildman–Crippen MR) is 95.8 cm³/mol. The standard InChI is InChI=1S/C18H28N4O3/c1-14-7-4-9-18(16(14)25-3,10-6-11-20-21-19)17(23)22-12-5-8-15(22)13-24-2/h4,9,15H,5-8,10-13H2,1-3H3/t15-,18+/m0/s1. The second-order valence-electron chi connectivity index (χ2n) is 6.70. The van der Waals surface area contributed by atoms with Crippen LogP contribution in [0.1, 0.15) is 39.0 Å². The fourth-order valence-electron chi connectivity index (χ4n) is 4.01. The van der Waals surface area contributed by atoms with Crippen LogP contribution in [0.15, 0.2) is 28.6 Å². The molecule has 0 N–H and O–H groups in total. The number of ether oxygens (including phenoxy) is 2. The lowest BCUT2D eigenvalue weighted by Crippen LogP contribution is -2.48. The normalized spacial score (nSPS) is 25.9. The number of allylic oxidation sites excluding steroid dienone is 2. The number of hydrogen-bond donors (Lipinski definition) is 0. The lowest BCUT2D eigenvalue weighted by molar-refractivity contribution is -0.141. The molecule has 7 nitrogen and oxygen atoms in total. The van der Waals surface area contributed by atoms with Crippen molar-refractivity contribution < 1.29 is 14.3 Å². The van der Waals surface area contributed by atoms with Gasteiger partial charge in [-0.1, -0.05) is 17.3 Å². The molecule has 1 aliphatic carbocycles. The minimum atomic E-state index is -0.807. The van der Waals surface area contributed by atoms with E-state index in [0.717, 1.165) is 37.1 Å². The Hall–Kier alpha value is -1.98. The number of rotatable bonds is 8. The van der Waals surface area contributed by atoms with Crippen molar-refractivity contribution >= 4 is 5.91 Å². The molecule has 1 amide bonds. The molecule has 0 saturated carbocycles. The molecule has 25 heavy (non-hydrogen) atoms. The largest absolute Gasteiger partial charge is 0.500 e. The van der Waals surface area contributed by atoms with Gasteiger partial charge in [-0.2, -0.15) is 0 Å². The highest BCUT2D eigenvalue weighted by molar-refractivity contribution is 5.88. The summed E-state index contributed by atoms with van der Waals surface area (Å²) >= 11 is 0. The summed E-state index contributed by atoms with van der Waals surface area (Å²) in [6, 6.07) is 0.111. The van der Waals surface area contributed by atoms with Gasteiger partial charge >= 0.3 is 0 Å². The quantitative estimate of drug-likeness (QED) is 0.221. The van der Waals surface area contributed by atoms with E-state index in [2.05, 4.69) is 10.0 Å². The Morgan fingerprint density at radius 1 is 1.52 bits per heavy atom. The second-order valence-corrected chi connectivity index (χ2v) is 6.70. The molecule has 1 heterocycles. The minimum absolute atomic E-state index is 0.0696. The van der Waals surface area contributed by atoms with Crippen LogP contribution in [0.4, 0.5) is 0 Å². The van der Waals surface area contributed by atoms with E-state index in [0.29, 0.717) is 26.0 Å². The SMILES string of the molecule is COC[C@@H]1CCCN1C(=O)[C@@]1(CCCN=[N+]=[N-])C=CCC(C)=C1OC. The predicted octanol–water partition coefficient (Wildman–Crippen LogP) is 3.58. The van der Waals surface area contributed by atoms with Gasteiger partial charge in [0.25, 0.3) is 0 Å². The van der Waals surface area contributed by atoms with E-state index in [4.69, 9.17) is 15.0 Å². The third-order valence-electron chi connectivity index (χ3n) is 5.09. The third kappa shape index (κ3) is 3.99. The molecule has 2 rings (SSSR count). The number of nitrogens with zero attached hydrogens (tertiary/aromatic N) is 4. The fourth-order valence-corrected chi connectivity index (χ4v) is 4.01. The van der Waals surface area contributed by atoms with Gasteiger partial charge in [-0.05, 0) is 50.1 Å². The number of azide groups is 1. The first kappa shape index (κ1) is 19.3. The summed E-state index contributed by atoms with van der Waals surface area (Å²) < 4.78 is 11.0. The molecule has 0 unspecified atom stereocenters. The first-order valence-electron chi connectivity index (χ1n) is 8.83. The van der Waals surface area contributed by atoms with Crippen molar-refractivity contribution in [3.63, 3.8) is 0 Å². The summed E-state index contributed by atoms with van der Waals surface area (Å²) in [6.07, 6.45) is 7.97. The lowest BCUT2D eigenvalue weighted by Gasteiger charge is -2.39. The lowest BCUT2D eigenvalue weighted by atomic mass is 9.74. The summed E-state index contributed by atoms with van der Waals surface area (Å²) in [5, 5.41) is 3.61. The van der Waals surface area contributed by atoms with E-state index in [1.54, 1.807) is 14.2 Å². The van der Waals surface area contributed by atoms with Crippen LogP contribution >= 0.6 is 0 Å². The fraction of sp³-hybridized carbons (Fsp3) is 0.722. The zero-order valence-electron chi connectivity index (χ0n) is 15.4. The van der Waals surface area contributed by atoms with Gasteiger partial charge in [0.15, 0.2) is 0 Å². The van der Waals surface area contributed by atoms with E-state index < -0.39 is 5.41 Å². The minimum Gasteiger partial charge on any atom is -0.500 e. The van der Waals surface area contributed by atoms with E-state index in [-0.39, 0.29) is 11.9 Å². The van der Waals surface area contributed by atoms with Crippen LogP contribution in [0.25, 0.3) is 10.4 Å². The number of amides is 1. The number of likely N-dealkylation sites (tertiary alicyclic amines) is 1. The smallest absolute Gasteiger partial charge is 0.240 e. The van der Waals surface area contributed by atoms with Crippen LogP contribution < -0.4 is 0 Å². The second kappa shape index (κ2) is 8.92. The Balaban J connectivity index is 2.33. The maximum absolute atomic E-state index is 13.6. The highest BCUT2D eigenvalue weighted by Gasteiger charge is 2.47. The van der Waals surface area contributed by atoms with E-state index in [1.807, 2.05) is 24.0 Å². The van der Waals surface area contributed by atoms with E-state index in [9.17, 15) is 4.79 Å². The van der Waals surface area contributed by atoms with Crippen molar-refractivity contribution in [2.45, 2.75) is 45.1 Å².